The Labute approximate surface area is 90.2 Å². The van der Waals surface area contributed by atoms with E-state index in [1.54, 1.807) is 0 Å². The van der Waals surface area contributed by atoms with E-state index in [1.807, 2.05) is 0 Å². The van der Waals surface area contributed by atoms with Crippen LogP contribution in [-0.2, 0) is 4.74 Å². The molecule has 2 rings (SSSR count). The van der Waals surface area contributed by atoms with Gasteiger partial charge in [-0.2, -0.15) is 9.37 Å². The van der Waals surface area contributed by atoms with Crippen LogP contribution in [0.2, 0.25) is 0 Å². The van der Waals surface area contributed by atoms with Crippen molar-refractivity contribution in [2.45, 2.75) is 6.42 Å². The summed E-state index contributed by atoms with van der Waals surface area (Å²) in [6.45, 7) is 1.36. The number of pyridine rings is 1. The van der Waals surface area contributed by atoms with Gasteiger partial charge in [-0.25, -0.2) is 8.78 Å². The molecule has 1 atom stereocenters. The highest BCUT2D eigenvalue weighted by atomic mass is 19.2. The van der Waals surface area contributed by atoms with Gasteiger partial charge in [0.1, 0.15) is 0 Å². The number of hydrogen-bond donors (Lipinski definition) is 0. The summed E-state index contributed by atoms with van der Waals surface area (Å²) in [6.07, 6.45) is 0.811. The van der Waals surface area contributed by atoms with Gasteiger partial charge in [-0.1, -0.05) is 0 Å². The van der Waals surface area contributed by atoms with Crippen molar-refractivity contribution in [1.82, 2.24) is 4.98 Å². The Balaban J connectivity index is 2.00. The van der Waals surface area contributed by atoms with Crippen molar-refractivity contribution in [2.24, 2.45) is 5.92 Å². The summed E-state index contributed by atoms with van der Waals surface area (Å²) < 4.78 is 48.4. The Morgan fingerprint density at radius 3 is 2.88 bits per heavy atom. The maximum atomic E-state index is 13.1. The van der Waals surface area contributed by atoms with Crippen LogP contribution in [0, 0.1) is 23.5 Å². The molecule has 6 heteroatoms. The van der Waals surface area contributed by atoms with Gasteiger partial charge in [0.15, 0.2) is 11.6 Å². The van der Waals surface area contributed by atoms with E-state index in [0.29, 0.717) is 19.3 Å². The summed E-state index contributed by atoms with van der Waals surface area (Å²) >= 11 is 0. The fourth-order valence-corrected chi connectivity index (χ4v) is 1.44. The molecule has 16 heavy (non-hydrogen) atoms. The predicted octanol–water partition coefficient (Wildman–Crippen LogP) is 1.91. The minimum atomic E-state index is -1.36. The normalized spacial score (nSPS) is 20.1. The first kappa shape index (κ1) is 11.2. The van der Waals surface area contributed by atoms with Crippen LogP contribution in [-0.4, -0.2) is 24.8 Å². The summed E-state index contributed by atoms with van der Waals surface area (Å²) in [5, 5.41) is 0. The molecule has 1 aromatic heterocycles. The molecule has 0 bridgehead atoms. The second kappa shape index (κ2) is 4.69. The van der Waals surface area contributed by atoms with Crippen LogP contribution in [0.15, 0.2) is 6.07 Å². The number of hydrogen-bond acceptors (Lipinski definition) is 3. The van der Waals surface area contributed by atoms with E-state index < -0.39 is 23.5 Å². The molecule has 0 aromatic carbocycles. The number of ether oxygens (including phenoxy) is 2. The van der Waals surface area contributed by atoms with Gasteiger partial charge in [0.2, 0.25) is 0 Å². The van der Waals surface area contributed by atoms with Gasteiger partial charge < -0.3 is 9.47 Å². The van der Waals surface area contributed by atoms with Crippen molar-refractivity contribution >= 4 is 0 Å². The lowest BCUT2D eigenvalue weighted by atomic mass is 10.1. The summed E-state index contributed by atoms with van der Waals surface area (Å²) in [6, 6.07) is 0.419. The van der Waals surface area contributed by atoms with Gasteiger partial charge in [0.25, 0.3) is 11.8 Å². The van der Waals surface area contributed by atoms with Crippen molar-refractivity contribution in [3.05, 3.63) is 23.6 Å². The Bertz CT molecular complexity index is 381. The maximum Gasteiger partial charge on any atom is 0.253 e. The smallest absolute Gasteiger partial charge is 0.253 e. The number of nitrogens with zero attached hydrogens (tertiary/aromatic N) is 1. The zero-order valence-electron chi connectivity index (χ0n) is 8.38. The minimum Gasteiger partial charge on any atom is -0.475 e. The average Bonchev–Trinajstić information content (AvgIpc) is 2.74. The molecule has 0 radical (unpaired) electrons. The Morgan fingerprint density at radius 1 is 1.38 bits per heavy atom. The van der Waals surface area contributed by atoms with Crippen LogP contribution in [0.25, 0.3) is 0 Å². The molecule has 1 aromatic rings. The lowest BCUT2D eigenvalue weighted by Gasteiger charge is -2.09. The van der Waals surface area contributed by atoms with Crippen molar-refractivity contribution in [3.8, 4) is 5.88 Å². The van der Waals surface area contributed by atoms with Crippen LogP contribution in [0.3, 0.4) is 0 Å². The highest BCUT2D eigenvalue weighted by Gasteiger charge is 2.18. The summed E-state index contributed by atoms with van der Waals surface area (Å²) in [5.74, 6) is -4.05. The van der Waals surface area contributed by atoms with E-state index in [-0.39, 0.29) is 12.5 Å². The molecular formula is C10H10F3NO2. The average molecular weight is 233 g/mol. The van der Waals surface area contributed by atoms with Gasteiger partial charge in [-0.05, 0) is 6.42 Å². The standard InChI is InChI=1S/C10H10F3NO2/c11-7-3-8(12)10(14-9(7)13)16-5-6-1-2-15-4-6/h3,6H,1-2,4-5H2. The molecule has 0 spiro atoms. The van der Waals surface area contributed by atoms with Crippen LogP contribution >= 0.6 is 0 Å². The lowest BCUT2D eigenvalue weighted by molar-refractivity contribution is 0.162. The monoisotopic (exact) mass is 233 g/mol. The molecule has 1 fully saturated rings. The molecule has 0 saturated carbocycles. The van der Waals surface area contributed by atoms with E-state index in [2.05, 4.69) is 4.98 Å². The van der Waals surface area contributed by atoms with Gasteiger partial charge >= 0.3 is 0 Å². The molecule has 1 aliphatic heterocycles. The highest BCUT2D eigenvalue weighted by Crippen LogP contribution is 2.19. The van der Waals surface area contributed by atoms with Crippen LogP contribution < -0.4 is 4.74 Å². The summed E-state index contributed by atoms with van der Waals surface area (Å²) in [4.78, 5) is 3.05. The molecule has 2 heterocycles. The molecule has 0 N–H and O–H groups in total. The Hall–Kier alpha value is -1.30. The summed E-state index contributed by atoms with van der Waals surface area (Å²) in [7, 11) is 0. The Morgan fingerprint density at radius 2 is 2.19 bits per heavy atom. The lowest BCUT2D eigenvalue weighted by Crippen LogP contribution is -2.13. The number of aromatic nitrogens is 1. The topological polar surface area (TPSA) is 31.4 Å². The predicted molar refractivity (Wildman–Crippen MR) is 48.5 cm³/mol. The number of rotatable bonds is 3. The fourth-order valence-electron chi connectivity index (χ4n) is 1.44. The third-order valence-electron chi connectivity index (χ3n) is 2.33. The first-order valence-corrected chi connectivity index (χ1v) is 4.89. The molecule has 3 nitrogen and oxygen atoms in total. The Kier molecular flexibility index (Phi) is 3.28. The fraction of sp³-hybridized carbons (Fsp3) is 0.500. The van der Waals surface area contributed by atoms with Gasteiger partial charge in [-0.15, -0.1) is 0 Å². The molecule has 88 valence electrons. The van der Waals surface area contributed by atoms with Crippen molar-refractivity contribution in [2.75, 3.05) is 19.8 Å². The SMILES string of the molecule is Fc1cc(F)c(OCC2CCOC2)nc1F. The van der Waals surface area contributed by atoms with E-state index in [9.17, 15) is 13.2 Å². The van der Waals surface area contributed by atoms with E-state index in [1.165, 1.54) is 0 Å². The van der Waals surface area contributed by atoms with E-state index >= 15 is 0 Å². The molecular weight excluding hydrogens is 223 g/mol. The minimum absolute atomic E-state index is 0.148. The number of halogens is 3. The van der Waals surface area contributed by atoms with E-state index in [4.69, 9.17) is 9.47 Å². The maximum absolute atomic E-state index is 13.1. The van der Waals surface area contributed by atoms with E-state index in [0.717, 1.165) is 6.42 Å². The molecule has 0 amide bonds. The van der Waals surface area contributed by atoms with Gasteiger partial charge in [-0.3, -0.25) is 0 Å². The third-order valence-corrected chi connectivity index (χ3v) is 2.33. The van der Waals surface area contributed by atoms with Crippen LogP contribution in [0.4, 0.5) is 13.2 Å². The van der Waals surface area contributed by atoms with Crippen LogP contribution in [0.1, 0.15) is 6.42 Å². The second-order valence-corrected chi connectivity index (χ2v) is 3.59. The quantitative estimate of drug-likeness (QED) is 0.747. The van der Waals surface area contributed by atoms with Crippen LogP contribution in [0.5, 0.6) is 5.88 Å². The zero-order chi connectivity index (χ0) is 11.5. The zero-order valence-corrected chi connectivity index (χ0v) is 8.38. The van der Waals surface area contributed by atoms with Gasteiger partial charge in [0, 0.05) is 18.6 Å². The first-order chi connectivity index (χ1) is 7.66. The highest BCUT2D eigenvalue weighted by molar-refractivity contribution is 5.15. The molecule has 1 saturated heterocycles. The molecule has 0 aliphatic carbocycles. The van der Waals surface area contributed by atoms with Crippen molar-refractivity contribution in [3.63, 3.8) is 0 Å². The first-order valence-electron chi connectivity index (χ1n) is 4.89. The molecule has 1 unspecified atom stereocenters. The third kappa shape index (κ3) is 2.44. The second-order valence-electron chi connectivity index (χ2n) is 3.59. The molecule has 1 aliphatic rings. The largest absolute Gasteiger partial charge is 0.475 e. The van der Waals surface area contributed by atoms with Crippen molar-refractivity contribution in [1.29, 1.82) is 0 Å². The summed E-state index contributed by atoms with van der Waals surface area (Å²) in [5.41, 5.74) is 0. The van der Waals surface area contributed by atoms with Gasteiger partial charge in [0.05, 0.1) is 13.2 Å². The van der Waals surface area contributed by atoms with Crippen molar-refractivity contribution < 1.29 is 22.6 Å².